The molecular weight excluding hydrogens is 233 g/mol. The Morgan fingerprint density at radius 1 is 1.56 bits per heavy atom. The van der Waals surface area contributed by atoms with Gasteiger partial charge in [-0.15, -0.1) is 0 Å². The first kappa shape index (κ1) is 13.3. The summed E-state index contributed by atoms with van der Waals surface area (Å²) in [7, 11) is 0. The third-order valence-electron chi connectivity index (χ3n) is 3.24. The molecule has 0 spiro atoms. The highest BCUT2D eigenvalue weighted by Gasteiger charge is 2.19. The number of hydrogen-bond donors (Lipinski definition) is 0. The summed E-state index contributed by atoms with van der Waals surface area (Å²) in [4.78, 5) is 12.3. The molecule has 1 aliphatic rings. The van der Waals surface area contributed by atoms with Gasteiger partial charge in [-0.05, 0) is 31.2 Å². The quantitative estimate of drug-likeness (QED) is 0.829. The Kier molecular flexibility index (Phi) is 4.17. The van der Waals surface area contributed by atoms with Gasteiger partial charge in [-0.3, -0.25) is 4.79 Å². The maximum atomic E-state index is 13.6. The number of nitrogens with zero attached hydrogens (tertiary/aromatic N) is 1. The van der Waals surface area contributed by atoms with Gasteiger partial charge in [-0.1, -0.05) is 13.8 Å². The summed E-state index contributed by atoms with van der Waals surface area (Å²) in [6.07, 6.45) is 3.73. The molecule has 1 saturated heterocycles. The van der Waals surface area contributed by atoms with E-state index in [1.807, 2.05) is 13.8 Å². The van der Waals surface area contributed by atoms with Crippen LogP contribution in [0.25, 0.3) is 0 Å². The molecule has 2 rings (SSSR count). The summed E-state index contributed by atoms with van der Waals surface area (Å²) in [6.45, 7) is 5.29. The summed E-state index contributed by atoms with van der Waals surface area (Å²) in [5, 5.41) is 0. The van der Waals surface area contributed by atoms with E-state index in [-0.39, 0.29) is 17.4 Å². The summed E-state index contributed by atoms with van der Waals surface area (Å²) < 4.78 is 20.5. The average Bonchev–Trinajstić information content (AvgIpc) is 2.34. The fourth-order valence-corrected chi connectivity index (χ4v) is 2.42. The third kappa shape index (κ3) is 2.99. The van der Waals surface area contributed by atoms with E-state index in [0.29, 0.717) is 24.5 Å². The number of pyridine rings is 1. The van der Waals surface area contributed by atoms with Crippen LogP contribution in [0.3, 0.4) is 0 Å². The lowest BCUT2D eigenvalue weighted by molar-refractivity contribution is 0.0575. The lowest BCUT2D eigenvalue weighted by Gasteiger charge is -2.24. The first-order valence-electron chi connectivity index (χ1n) is 6.56. The minimum absolute atomic E-state index is 0.0205. The van der Waals surface area contributed by atoms with Gasteiger partial charge in [0.05, 0.1) is 12.6 Å². The van der Waals surface area contributed by atoms with Crippen molar-refractivity contribution >= 4 is 0 Å². The molecule has 0 aliphatic carbocycles. The Bertz CT molecular complexity index is 461. The van der Waals surface area contributed by atoms with Crippen LogP contribution >= 0.6 is 0 Å². The van der Waals surface area contributed by atoms with Crippen LogP contribution in [-0.2, 0) is 11.2 Å². The molecule has 0 radical (unpaired) electrons. The maximum Gasteiger partial charge on any atom is 0.254 e. The monoisotopic (exact) mass is 253 g/mol. The van der Waals surface area contributed by atoms with Gasteiger partial charge in [0.15, 0.2) is 0 Å². The third-order valence-corrected chi connectivity index (χ3v) is 3.24. The molecule has 100 valence electrons. The Labute approximate surface area is 107 Å². The molecule has 0 unspecified atom stereocenters. The highest BCUT2D eigenvalue weighted by Crippen LogP contribution is 2.18. The Balaban J connectivity index is 2.34. The van der Waals surface area contributed by atoms with E-state index in [4.69, 9.17) is 4.74 Å². The van der Waals surface area contributed by atoms with Crippen LogP contribution in [0.5, 0.6) is 0 Å². The predicted octanol–water partition coefficient (Wildman–Crippen LogP) is 2.54. The molecule has 0 amide bonds. The van der Waals surface area contributed by atoms with E-state index in [0.717, 1.165) is 19.4 Å². The number of ether oxygens (including phenoxy) is 1. The van der Waals surface area contributed by atoms with Crippen molar-refractivity contribution in [3.8, 4) is 0 Å². The zero-order valence-electron chi connectivity index (χ0n) is 11.0. The second-order valence-electron chi connectivity index (χ2n) is 5.36. The Morgan fingerprint density at radius 3 is 2.94 bits per heavy atom. The topological polar surface area (TPSA) is 31.2 Å². The normalized spacial score (nSPS) is 20.3. The smallest absolute Gasteiger partial charge is 0.254 e. The standard InChI is InChI=1S/C14H20FNO2/c1-10(2)6-11-7-12(15)8-16(14(11)17)13-4-3-5-18-9-13/h7-8,10,13H,3-6,9H2,1-2H3/t13-/m1/s1. The van der Waals surface area contributed by atoms with Gasteiger partial charge in [0.1, 0.15) is 5.82 Å². The molecule has 0 bridgehead atoms. The molecular formula is C14H20FNO2. The molecule has 1 atom stereocenters. The van der Waals surface area contributed by atoms with Gasteiger partial charge in [0.25, 0.3) is 5.56 Å². The summed E-state index contributed by atoms with van der Waals surface area (Å²) in [5.41, 5.74) is 0.496. The van der Waals surface area contributed by atoms with Crippen LogP contribution < -0.4 is 5.56 Å². The van der Waals surface area contributed by atoms with Crippen LogP contribution in [0.1, 0.15) is 38.3 Å². The highest BCUT2D eigenvalue weighted by atomic mass is 19.1. The van der Waals surface area contributed by atoms with E-state index in [1.165, 1.54) is 16.8 Å². The lowest BCUT2D eigenvalue weighted by atomic mass is 10.0. The van der Waals surface area contributed by atoms with Gasteiger partial charge in [-0.2, -0.15) is 0 Å². The molecule has 1 fully saturated rings. The largest absolute Gasteiger partial charge is 0.379 e. The van der Waals surface area contributed by atoms with E-state index >= 15 is 0 Å². The molecule has 1 aromatic heterocycles. The molecule has 2 heterocycles. The van der Waals surface area contributed by atoms with Crippen LogP contribution in [0.15, 0.2) is 17.1 Å². The van der Waals surface area contributed by atoms with Crippen LogP contribution in [0, 0.1) is 11.7 Å². The second kappa shape index (κ2) is 5.65. The number of aromatic nitrogens is 1. The van der Waals surface area contributed by atoms with Gasteiger partial charge in [-0.25, -0.2) is 4.39 Å². The van der Waals surface area contributed by atoms with Gasteiger partial charge >= 0.3 is 0 Å². The number of halogens is 1. The summed E-state index contributed by atoms with van der Waals surface area (Å²) >= 11 is 0. The molecule has 18 heavy (non-hydrogen) atoms. The van der Waals surface area contributed by atoms with Crippen molar-refractivity contribution in [1.82, 2.24) is 4.57 Å². The van der Waals surface area contributed by atoms with Gasteiger partial charge < -0.3 is 9.30 Å². The Morgan fingerprint density at radius 2 is 2.33 bits per heavy atom. The zero-order valence-corrected chi connectivity index (χ0v) is 11.0. The van der Waals surface area contributed by atoms with Gasteiger partial charge in [0, 0.05) is 18.4 Å². The SMILES string of the molecule is CC(C)Cc1cc(F)cn([C@@H]2CCCOC2)c1=O. The number of hydrogen-bond acceptors (Lipinski definition) is 2. The molecule has 0 N–H and O–H groups in total. The highest BCUT2D eigenvalue weighted by molar-refractivity contribution is 5.13. The van der Waals surface area contributed by atoms with E-state index < -0.39 is 0 Å². The molecule has 0 saturated carbocycles. The second-order valence-corrected chi connectivity index (χ2v) is 5.36. The molecule has 1 aliphatic heterocycles. The summed E-state index contributed by atoms with van der Waals surface area (Å²) in [5.74, 6) is 0.00591. The van der Waals surface area contributed by atoms with Crippen molar-refractivity contribution in [2.24, 2.45) is 5.92 Å². The van der Waals surface area contributed by atoms with Crippen LogP contribution in [0.4, 0.5) is 4.39 Å². The van der Waals surface area contributed by atoms with Crippen molar-refractivity contribution < 1.29 is 9.13 Å². The minimum atomic E-state index is -0.337. The first-order chi connectivity index (χ1) is 8.58. The average molecular weight is 253 g/mol. The van der Waals surface area contributed by atoms with Crippen molar-refractivity contribution in [2.45, 2.75) is 39.2 Å². The molecule has 4 heteroatoms. The maximum absolute atomic E-state index is 13.6. The lowest BCUT2D eigenvalue weighted by Crippen LogP contribution is -2.32. The molecule has 3 nitrogen and oxygen atoms in total. The van der Waals surface area contributed by atoms with Crippen LogP contribution in [0.2, 0.25) is 0 Å². The number of rotatable bonds is 3. The minimum Gasteiger partial charge on any atom is -0.379 e. The predicted molar refractivity (Wildman–Crippen MR) is 68.3 cm³/mol. The van der Waals surface area contributed by atoms with E-state index in [9.17, 15) is 9.18 Å². The van der Waals surface area contributed by atoms with E-state index in [1.54, 1.807) is 0 Å². The van der Waals surface area contributed by atoms with Crippen molar-refractivity contribution in [3.63, 3.8) is 0 Å². The van der Waals surface area contributed by atoms with E-state index in [2.05, 4.69) is 0 Å². The van der Waals surface area contributed by atoms with Crippen molar-refractivity contribution in [2.75, 3.05) is 13.2 Å². The molecule has 0 aromatic carbocycles. The zero-order chi connectivity index (χ0) is 13.1. The van der Waals surface area contributed by atoms with Crippen LogP contribution in [-0.4, -0.2) is 17.8 Å². The first-order valence-corrected chi connectivity index (χ1v) is 6.56. The fraction of sp³-hybridized carbons (Fsp3) is 0.643. The fourth-order valence-electron chi connectivity index (χ4n) is 2.42. The Hall–Kier alpha value is -1.16. The summed E-state index contributed by atoms with van der Waals surface area (Å²) in [6, 6.07) is 1.34. The molecule has 1 aromatic rings. The van der Waals surface area contributed by atoms with Crippen molar-refractivity contribution in [1.29, 1.82) is 0 Å². The van der Waals surface area contributed by atoms with Crippen molar-refractivity contribution in [3.05, 3.63) is 34.0 Å². The van der Waals surface area contributed by atoms with Gasteiger partial charge in [0.2, 0.25) is 0 Å².